The number of fused-ring (bicyclic) bond motifs is 1. The second kappa shape index (κ2) is 6.25. The Morgan fingerprint density at radius 3 is 3.15 bits per heavy atom. The van der Waals surface area contributed by atoms with Gasteiger partial charge in [-0.2, -0.15) is 0 Å². The average Bonchev–Trinajstić information content (AvgIpc) is 2.93. The van der Waals surface area contributed by atoms with Gasteiger partial charge in [-0.3, -0.25) is 0 Å². The number of hydrogen-bond acceptors (Lipinski definition) is 3. The van der Waals surface area contributed by atoms with Gasteiger partial charge in [-0.15, -0.1) is 0 Å². The lowest BCUT2D eigenvalue weighted by Crippen LogP contribution is -2.12. The molecule has 3 heteroatoms. The zero-order valence-electron chi connectivity index (χ0n) is 11.9. The van der Waals surface area contributed by atoms with E-state index in [1.165, 1.54) is 24.0 Å². The van der Waals surface area contributed by atoms with Crippen molar-refractivity contribution in [3.8, 4) is 0 Å². The summed E-state index contributed by atoms with van der Waals surface area (Å²) in [6.07, 6.45) is 5.47. The van der Waals surface area contributed by atoms with Crippen molar-refractivity contribution in [1.29, 1.82) is 0 Å². The Balaban J connectivity index is 1.64. The fourth-order valence-electron chi connectivity index (χ4n) is 2.86. The van der Waals surface area contributed by atoms with E-state index in [9.17, 15) is 0 Å². The molecular weight excluding hydrogens is 250 g/mol. The first-order valence-corrected chi connectivity index (χ1v) is 7.27. The quantitative estimate of drug-likeness (QED) is 0.902. The van der Waals surface area contributed by atoms with Crippen LogP contribution in [-0.4, -0.2) is 7.05 Å². The van der Waals surface area contributed by atoms with E-state index in [0.29, 0.717) is 6.61 Å². The molecule has 0 saturated heterocycles. The number of hydrogen-bond donors (Lipinski definition) is 1. The van der Waals surface area contributed by atoms with Crippen molar-refractivity contribution in [2.75, 3.05) is 7.05 Å². The third kappa shape index (κ3) is 2.94. The Kier molecular flexibility index (Phi) is 4.19. The van der Waals surface area contributed by atoms with E-state index in [-0.39, 0.29) is 6.10 Å². The van der Waals surface area contributed by atoms with E-state index < -0.39 is 0 Å². The van der Waals surface area contributed by atoms with Gasteiger partial charge in [0.25, 0.3) is 0 Å². The van der Waals surface area contributed by atoms with Gasteiger partial charge in [0.1, 0.15) is 12.4 Å². The van der Waals surface area contributed by atoms with Crippen LogP contribution in [0.4, 0.5) is 0 Å². The zero-order valence-corrected chi connectivity index (χ0v) is 11.9. The normalized spacial score (nSPS) is 17.9. The molecule has 0 aliphatic heterocycles. The molecule has 106 valence electrons. The molecule has 0 radical (unpaired) electrons. The molecule has 0 saturated carbocycles. The number of ether oxygens (including phenoxy) is 1. The van der Waals surface area contributed by atoms with Crippen molar-refractivity contribution in [1.82, 2.24) is 5.32 Å². The van der Waals surface area contributed by atoms with Crippen LogP contribution < -0.4 is 5.32 Å². The van der Waals surface area contributed by atoms with E-state index in [1.54, 1.807) is 6.26 Å². The summed E-state index contributed by atoms with van der Waals surface area (Å²) in [5.74, 6) is 0.901. The maximum Gasteiger partial charge on any atom is 0.129 e. The monoisotopic (exact) mass is 271 g/mol. The van der Waals surface area contributed by atoms with E-state index in [0.717, 1.165) is 24.3 Å². The van der Waals surface area contributed by atoms with Crippen molar-refractivity contribution in [2.24, 2.45) is 0 Å². The highest BCUT2D eigenvalue weighted by molar-refractivity contribution is 5.31. The van der Waals surface area contributed by atoms with Crippen molar-refractivity contribution < 1.29 is 9.15 Å². The number of rotatable bonds is 5. The number of benzene rings is 1. The highest BCUT2D eigenvalue weighted by Gasteiger charge is 2.20. The molecule has 1 aromatic carbocycles. The van der Waals surface area contributed by atoms with Crippen molar-refractivity contribution >= 4 is 0 Å². The molecule has 1 aliphatic rings. The minimum absolute atomic E-state index is 0.206. The first-order valence-electron chi connectivity index (χ1n) is 7.27. The van der Waals surface area contributed by atoms with E-state index in [4.69, 9.17) is 9.15 Å². The number of furan rings is 1. The molecule has 1 atom stereocenters. The number of nitrogens with one attached hydrogen (secondary N) is 1. The minimum Gasteiger partial charge on any atom is -0.467 e. The lowest BCUT2D eigenvalue weighted by atomic mass is 9.89. The van der Waals surface area contributed by atoms with E-state index in [2.05, 4.69) is 35.6 Å². The fourth-order valence-corrected chi connectivity index (χ4v) is 2.86. The molecule has 20 heavy (non-hydrogen) atoms. The van der Waals surface area contributed by atoms with Gasteiger partial charge in [0.05, 0.1) is 12.4 Å². The van der Waals surface area contributed by atoms with E-state index >= 15 is 0 Å². The third-order valence-electron chi connectivity index (χ3n) is 3.83. The van der Waals surface area contributed by atoms with Gasteiger partial charge in [0.2, 0.25) is 0 Å². The molecule has 3 nitrogen and oxygen atoms in total. The molecule has 1 aliphatic carbocycles. The maximum atomic E-state index is 6.07. The Hall–Kier alpha value is -1.58. The van der Waals surface area contributed by atoms with Gasteiger partial charge < -0.3 is 14.5 Å². The summed E-state index contributed by atoms with van der Waals surface area (Å²) in [5.41, 5.74) is 3.94. The smallest absolute Gasteiger partial charge is 0.129 e. The summed E-state index contributed by atoms with van der Waals surface area (Å²) in [6, 6.07) is 10.7. The Bertz CT molecular complexity index is 562. The summed E-state index contributed by atoms with van der Waals surface area (Å²) < 4.78 is 11.6. The van der Waals surface area contributed by atoms with Crippen LogP contribution in [0.1, 0.15) is 41.4 Å². The second-order valence-corrected chi connectivity index (χ2v) is 5.34. The van der Waals surface area contributed by atoms with Crippen LogP contribution in [0, 0.1) is 0 Å². The summed E-state index contributed by atoms with van der Waals surface area (Å²) in [5, 5.41) is 3.11. The summed E-state index contributed by atoms with van der Waals surface area (Å²) in [4.78, 5) is 0. The lowest BCUT2D eigenvalue weighted by molar-refractivity contribution is 0.0192. The Morgan fingerprint density at radius 2 is 2.25 bits per heavy atom. The molecule has 1 heterocycles. The summed E-state index contributed by atoms with van der Waals surface area (Å²) >= 11 is 0. The van der Waals surface area contributed by atoms with Crippen LogP contribution in [0.25, 0.3) is 0 Å². The van der Waals surface area contributed by atoms with Crippen LogP contribution in [0.15, 0.2) is 41.0 Å². The van der Waals surface area contributed by atoms with Gasteiger partial charge in [-0.25, -0.2) is 0 Å². The standard InChI is InChI=1S/C17H21NO2/c1-18-10-13-9-15(19-11-13)12-20-17-8-4-6-14-5-2-3-7-16(14)17/h2-3,5,7,9,11,17-18H,4,6,8,10,12H2,1H3. The molecular formula is C17H21NO2. The first kappa shape index (κ1) is 13.4. The summed E-state index contributed by atoms with van der Waals surface area (Å²) in [6.45, 7) is 1.37. The van der Waals surface area contributed by atoms with Crippen LogP contribution in [0.3, 0.4) is 0 Å². The molecule has 2 aromatic rings. The zero-order chi connectivity index (χ0) is 13.8. The van der Waals surface area contributed by atoms with Gasteiger partial charge >= 0.3 is 0 Å². The van der Waals surface area contributed by atoms with Gasteiger partial charge in [-0.1, -0.05) is 24.3 Å². The first-order chi connectivity index (χ1) is 9.86. The van der Waals surface area contributed by atoms with Crippen molar-refractivity contribution in [3.63, 3.8) is 0 Å². The third-order valence-corrected chi connectivity index (χ3v) is 3.83. The minimum atomic E-state index is 0.206. The van der Waals surface area contributed by atoms with Gasteiger partial charge in [0.15, 0.2) is 0 Å². The van der Waals surface area contributed by atoms with Gasteiger partial charge in [-0.05, 0) is 43.5 Å². The topological polar surface area (TPSA) is 34.4 Å². The largest absolute Gasteiger partial charge is 0.467 e. The molecule has 3 rings (SSSR count). The SMILES string of the molecule is CNCc1coc(COC2CCCc3ccccc32)c1. The highest BCUT2D eigenvalue weighted by Crippen LogP contribution is 2.33. The molecule has 1 unspecified atom stereocenters. The van der Waals surface area contributed by atoms with Crippen molar-refractivity contribution in [3.05, 3.63) is 59.0 Å². The number of aryl methyl sites for hydroxylation is 1. The Labute approximate surface area is 119 Å². The van der Waals surface area contributed by atoms with Crippen LogP contribution in [-0.2, 0) is 24.3 Å². The molecule has 0 amide bonds. The molecule has 0 spiro atoms. The Morgan fingerprint density at radius 1 is 1.35 bits per heavy atom. The highest BCUT2D eigenvalue weighted by atomic mass is 16.5. The fraction of sp³-hybridized carbons (Fsp3) is 0.412. The second-order valence-electron chi connectivity index (χ2n) is 5.34. The molecule has 1 N–H and O–H groups in total. The van der Waals surface area contributed by atoms with Crippen LogP contribution in [0.5, 0.6) is 0 Å². The predicted octanol–water partition coefficient (Wildman–Crippen LogP) is 3.59. The maximum absolute atomic E-state index is 6.07. The van der Waals surface area contributed by atoms with Crippen LogP contribution in [0.2, 0.25) is 0 Å². The molecule has 0 bridgehead atoms. The summed E-state index contributed by atoms with van der Waals surface area (Å²) in [7, 11) is 1.93. The van der Waals surface area contributed by atoms with Gasteiger partial charge in [0, 0.05) is 12.1 Å². The predicted molar refractivity (Wildman–Crippen MR) is 78.4 cm³/mol. The molecule has 1 aromatic heterocycles. The molecule has 0 fully saturated rings. The lowest BCUT2D eigenvalue weighted by Gasteiger charge is -2.25. The average molecular weight is 271 g/mol. The van der Waals surface area contributed by atoms with E-state index in [1.807, 2.05) is 7.05 Å². The van der Waals surface area contributed by atoms with Crippen LogP contribution >= 0.6 is 0 Å². The van der Waals surface area contributed by atoms with Crippen molar-refractivity contribution in [2.45, 2.75) is 38.5 Å².